The van der Waals surface area contributed by atoms with Gasteiger partial charge in [0.2, 0.25) is 6.41 Å². The number of aryl methyl sites for hydroxylation is 1. The van der Waals surface area contributed by atoms with Gasteiger partial charge in [-0.1, -0.05) is 112 Å². The molecule has 1 unspecified atom stereocenters. The van der Waals surface area contributed by atoms with Crippen molar-refractivity contribution in [1.29, 1.82) is 0 Å². The van der Waals surface area contributed by atoms with Crippen LogP contribution in [0.3, 0.4) is 0 Å². The predicted octanol–water partition coefficient (Wildman–Crippen LogP) is 10.5. The fraction of sp³-hybridized carbons (Fsp3) is 0.765. The van der Waals surface area contributed by atoms with Crippen LogP contribution in [0.5, 0.6) is 0 Å². The Hall–Kier alpha value is -2.05. The molecule has 2 fully saturated rings. The van der Waals surface area contributed by atoms with E-state index in [0.29, 0.717) is 29.9 Å². The van der Waals surface area contributed by atoms with Crippen LogP contribution in [-0.4, -0.2) is 37.4 Å². The van der Waals surface area contributed by atoms with Gasteiger partial charge in [-0.2, -0.15) is 13.2 Å². The maximum absolute atomic E-state index is 12.9. The molecule has 1 aromatic heterocycles. The molecule has 2 N–H and O–H groups in total. The number of anilines is 1. The molecule has 2 aliphatic rings. The summed E-state index contributed by atoms with van der Waals surface area (Å²) in [7, 11) is 1.31. The van der Waals surface area contributed by atoms with E-state index in [4.69, 9.17) is 9.90 Å². The monoisotopic (exact) mass is 635 g/mol. The van der Waals surface area contributed by atoms with Gasteiger partial charge in [0, 0.05) is 4.88 Å². The van der Waals surface area contributed by atoms with E-state index < -0.39 is 11.6 Å². The molecule has 0 aliphatic heterocycles. The summed E-state index contributed by atoms with van der Waals surface area (Å²) in [5.74, 6) is 6.03. The lowest BCUT2D eigenvalue weighted by Gasteiger charge is -2.38. The third kappa shape index (κ3) is 21.3. The number of nitrogens with one attached hydrogen (secondary N) is 1. The zero-order valence-electron chi connectivity index (χ0n) is 28.3. The number of methoxy groups -OCH3 is 1. The van der Waals surface area contributed by atoms with E-state index in [-0.39, 0.29) is 18.9 Å². The molecule has 9 heteroatoms. The molecule has 0 radical (unpaired) electrons. The van der Waals surface area contributed by atoms with Crippen molar-refractivity contribution in [2.75, 3.05) is 12.4 Å². The fourth-order valence-corrected chi connectivity index (χ4v) is 4.92. The molecule has 1 aromatic rings. The second-order valence-electron chi connectivity index (χ2n) is 10.2. The number of hydrogen-bond acceptors (Lipinski definition) is 5. The topological polar surface area (TPSA) is 75.6 Å². The van der Waals surface area contributed by atoms with Crippen molar-refractivity contribution < 1.29 is 32.6 Å². The number of rotatable bonds is 8. The lowest BCUT2D eigenvalue weighted by Crippen LogP contribution is -2.42. The Balaban J connectivity index is -0.000000556. The molecule has 252 valence electrons. The minimum absolute atomic E-state index is 0.0449. The molecule has 0 bridgehead atoms. The lowest BCUT2D eigenvalue weighted by molar-refractivity contribution is -0.225. The summed E-state index contributed by atoms with van der Waals surface area (Å²) >= 11 is 1.28. The van der Waals surface area contributed by atoms with Crippen molar-refractivity contribution >= 4 is 29.9 Å². The fourth-order valence-electron chi connectivity index (χ4n) is 4.08. The number of carbonyl (C=O) groups excluding carboxylic acids is 2. The summed E-state index contributed by atoms with van der Waals surface area (Å²) in [4.78, 5) is 20.7. The van der Waals surface area contributed by atoms with E-state index in [1.165, 1.54) is 69.8 Å². The largest absolute Gasteiger partial charge is 0.471 e. The summed E-state index contributed by atoms with van der Waals surface area (Å²) in [6.07, 6.45) is 9.97. The van der Waals surface area contributed by atoms with Crippen molar-refractivity contribution in [3.63, 3.8) is 0 Å². The molecule has 2 aliphatic carbocycles. The molecule has 0 spiro atoms. The van der Waals surface area contributed by atoms with Gasteiger partial charge in [-0.05, 0) is 51.0 Å². The van der Waals surface area contributed by atoms with E-state index in [1.54, 1.807) is 13.0 Å². The van der Waals surface area contributed by atoms with E-state index in [9.17, 15) is 18.0 Å². The average Bonchev–Trinajstić information content (AvgIpc) is 3.34. The van der Waals surface area contributed by atoms with Gasteiger partial charge in [0.25, 0.3) is 6.47 Å². The second kappa shape index (κ2) is 28.7. The molecule has 43 heavy (non-hydrogen) atoms. The van der Waals surface area contributed by atoms with Crippen molar-refractivity contribution in [2.45, 2.75) is 151 Å². The van der Waals surface area contributed by atoms with Gasteiger partial charge >= 0.3 is 6.18 Å². The van der Waals surface area contributed by atoms with E-state index in [2.05, 4.69) is 35.7 Å². The number of thiophene rings is 1. The highest BCUT2D eigenvalue weighted by Gasteiger charge is 2.57. The summed E-state index contributed by atoms with van der Waals surface area (Å²) in [6, 6.07) is 1.60. The van der Waals surface area contributed by atoms with Gasteiger partial charge in [-0.25, -0.2) is 0 Å². The smallest absolute Gasteiger partial charge is 0.405 e. The molecule has 5 nitrogen and oxygen atoms in total. The third-order valence-corrected chi connectivity index (χ3v) is 7.88. The normalized spacial score (nSPS) is 15.3. The summed E-state index contributed by atoms with van der Waals surface area (Å²) in [6.45, 7) is 16.7. The molecular weight excluding hydrogens is 575 g/mol. The molecule has 3 rings (SSSR count). The van der Waals surface area contributed by atoms with Crippen LogP contribution in [0.4, 0.5) is 18.9 Å². The van der Waals surface area contributed by atoms with Crippen molar-refractivity contribution in [1.82, 2.24) is 0 Å². The van der Waals surface area contributed by atoms with E-state index >= 15 is 0 Å². The van der Waals surface area contributed by atoms with Crippen LogP contribution in [0.2, 0.25) is 0 Å². The highest BCUT2D eigenvalue weighted by atomic mass is 32.1. The molecule has 0 aromatic carbocycles. The summed E-state index contributed by atoms with van der Waals surface area (Å²) in [5, 5.41) is 11.6. The van der Waals surface area contributed by atoms with Crippen LogP contribution >= 0.6 is 11.3 Å². The Morgan fingerprint density at radius 3 is 2.00 bits per heavy atom. The molecule has 1 heterocycles. The number of aliphatic hydroxyl groups excluding tert-OH is 1. The zero-order valence-corrected chi connectivity index (χ0v) is 29.1. The number of carbonyl (C=O) groups is 2. The van der Waals surface area contributed by atoms with Crippen LogP contribution < -0.4 is 5.32 Å². The van der Waals surface area contributed by atoms with Gasteiger partial charge in [0.1, 0.15) is 5.41 Å². The average molecular weight is 636 g/mol. The van der Waals surface area contributed by atoms with E-state index in [0.717, 1.165) is 23.6 Å². The molecule has 0 saturated heterocycles. The lowest BCUT2D eigenvalue weighted by atomic mass is 9.69. The number of alkyl halides is 3. The maximum atomic E-state index is 12.9. The minimum Gasteiger partial charge on any atom is -0.471 e. The van der Waals surface area contributed by atoms with Crippen LogP contribution in [0.25, 0.3) is 0 Å². The Morgan fingerprint density at radius 2 is 1.65 bits per heavy atom. The Bertz CT molecular complexity index is 852. The highest BCUT2D eigenvalue weighted by Crippen LogP contribution is 2.52. The number of hydrogen-bond donors (Lipinski definition) is 2. The summed E-state index contributed by atoms with van der Waals surface area (Å²) < 4.78 is 42.6. The second-order valence-corrected chi connectivity index (χ2v) is 11.4. The Morgan fingerprint density at radius 1 is 1.09 bits per heavy atom. The maximum Gasteiger partial charge on any atom is 0.405 e. The quantitative estimate of drug-likeness (QED) is 0.169. The Labute approximate surface area is 264 Å². The van der Waals surface area contributed by atoms with Crippen molar-refractivity contribution in [3.8, 4) is 11.8 Å². The van der Waals surface area contributed by atoms with Gasteiger partial charge in [-0.15, -0.1) is 11.3 Å². The minimum atomic E-state index is -4.27. The number of aliphatic hydroxyl groups is 1. The number of unbranched alkanes of at least 4 members (excludes halogenated alkanes) is 2. The van der Waals surface area contributed by atoms with Gasteiger partial charge in [0.05, 0.1) is 23.8 Å². The standard InChI is InChI=1S/C13H12F3NOS.C8H18O.C7H14.C2H4O2.2C2H6/c1-9-11(17-8-18)7-10(19-9)3-6-12(4-2-5-12)13(14,15)16;1-3-5-6-7-8(9)4-2;1-7-5-3-2-4-6-7;1-4-2-3;2*1-2/h7-8H,2,4-5H2,1H3,(H,17,18);8-9H,3-7H2,1-2H3;7H,2-6H2,1H3;2H,1H3;2*1-2H3. The number of amides is 1. The van der Waals surface area contributed by atoms with Gasteiger partial charge < -0.3 is 15.2 Å². The van der Waals surface area contributed by atoms with Gasteiger partial charge in [0.15, 0.2) is 0 Å². The van der Waals surface area contributed by atoms with Crippen LogP contribution in [0.1, 0.15) is 142 Å². The SMILES string of the molecule is CC.CC.CC1CCCCC1.CCCCCC(O)CC.COC=O.Cc1sc(C#CC2(C(F)(F)F)CCC2)cc1NC=O. The van der Waals surface area contributed by atoms with E-state index in [1.807, 2.05) is 34.6 Å². The highest BCUT2D eigenvalue weighted by molar-refractivity contribution is 7.13. The molecular formula is C34H60F3NO4S. The third-order valence-electron chi connectivity index (χ3n) is 6.91. The first-order valence-corrected chi connectivity index (χ1v) is 16.9. The number of halogens is 3. The van der Waals surface area contributed by atoms with Crippen LogP contribution in [0, 0.1) is 30.1 Å². The molecule has 1 amide bonds. The zero-order chi connectivity index (χ0) is 33.7. The van der Waals surface area contributed by atoms with Crippen LogP contribution in [-0.2, 0) is 14.3 Å². The first kappa shape index (κ1) is 45.4. The first-order chi connectivity index (χ1) is 20.5. The molecule has 1 atom stereocenters. The number of ether oxygens (including phenoxy) is 1. The van der Waals surface area contributed by atoms with Crippen molar-refractivity contribution in [3.05, 3.63) is 15.8 Å². The predicted molar refractivity (Wildman–Crippen MR) is 176 cm³/mol. The molecule has 2 saturated carbocycles. The van der Waals surface area contributed by atoms with Crippen LogP contribution in [0.15, 0.2) is 6.07 Å². The first-order valence-electron chi connectivity index (χ1n) is 16.0. The summed E-state index contributed by atoms with van der Waals surface area (Å²) in [5.41, 5.74) is -1.23. The van der Waals surface area contributed by atoms with Crippen molar-refractivity contribution in [2.24, 2.45) is 11.3 Å². The van der Waals surface area contributed by atoms with Gasteiger partial charge in [-0.3, -0.25) is 9.59 Å². The Kier molecular flexibility index (Phi) is 30.3.